The van der Waals surface area contributed by atoms with Gasteiger partial charge in [-0.05, 0) is 42.5 Å². The Balaban J connectivity index is 2.10. The van der Waals surface area contributed by atoms with Crippen LogP contribution in [0.1, 0.15) is 0 Å². The van der Waals surface area contributed by atoms with Gasteiger partial charge in [-0.25, -0.2) is 0 Å². The molecule has 0 radical (unpaired) electrons. The highest BCUT2D eigenvalue weighted by Gasteiger charge is 2.08. The van der Waals surface area contributed by atoms with Gasteiger partial charge in [0.1, 0.15) is 0 Å². The third-order valence-corrected chi connectivity index (χ3v) is 3.51. The first-order chi connectivity index (χ1) is 9.71. The van der Waals surface area contributed by atoms with Crippen molar-refractivity contribution >= 4 is 22.5 Å². The molecule has 0 aliphatic heterocycles. The van der Waals surface area contributed by atoms with E-state index in [9.17, 15) is 0 Å². The lowest BCUT2D eigenvalue weighted by atomic mass is 10.1. The van der Waals surface area contributed by atoms with Crippen molar-refractivity contribution in [2.75, 3.05) is 14.2 Å². The number of aromatic amines is 1. The van der Waals surface area contributed by atoms with Crippen molar-refractivity contribution in [3.05, 3.63) is 47.5 Å². The Bertz CT molecular complexity index is 764. The lowest BCUT2D eigenvalue weighted by Crippen LogP contribution is -1.90. The highest BCUT2D eigenvalue weighted by Crippen LogP contribution is 2.33. The summed E-state index contributed by atoms with van der Waals surface area (Å²) in [4.78, 5) is 3.37. The normalized spacial score (nSPS) is 10.8. The number of nitrogens with one attached hydrogen (secondary N) is 1. The largest absolute Gasteiger partial charge is 0.493 e. The second-order valence-electron chi connectivity index (χ2n) is 4.48. The number of benzene rings is 2. The van der Waals surface area contributed by atoms with Gasteiger partial charge in [-0.3, -0.25) is 0 Å². The maximum atomic E-state index is 6.01. The van der Waals surface area contributed by atoms with Gasteiger partial charge in [0.25, 0.3) is 0 Å². The minimum atomic E-state index is 0.710. The van der Waals surface area contributed by atoms with E-state index in [2.05, 4.69) is 11.1 Å². The number of fused-ring (bicyclic) bond motifs is 1. The first kappa shape index (κ1) is 12.9. The summed E-state index contributed by atoms with van der Waals surface area (Å²) < 4.78 is 10.6. The molecule has 102 valence electrons. The Morgan fingerprint density at radius 2 is 1.70 bits per heavy atom. The number of hydrogen-bond acceptors (Lipinski definition) is 2. The van der Waals surface area contributed by atoms with Crippen LogP contribution in [-0.4, -0.2) is 19.2 Å². The third kappa shape index (κ3) is 2.21. The molecule has 1 N–H and O–H groups in total. The van der Waals surface area contributed by atoms with Gasteiger partial charge in [0, 0.05) is 27.2 Å². The minimum absolute atomic E-state index is 0.710. The van der Waals surface area contributed by atoms with Crippen LogP contribution in [0.5, 0.6) is 11.5 Å². The summed E-state index contributed by atoms with van der Waals surface area (Å²) in [5.74, 6) is 1.43. The van der Waals surface area contributed by atoms with Crippen molar-refractivity contribution in [3.63, 3.8) is 0 Å². The third-order valence-electron chi connectivity index (χ3n) is 3.28. The molecule has 0 amide bonds. The summed E-state index contributed by atoms with van der Waals surface area (Å²) in [6, 6.07) is 13.7. The van der Waals surface area contributed by atoms with Crippen LogP contribution in [-0.2, 0) is 0 Å². The van der Waals surface area contributed by atoms with Crippen molar-refractivity contribution in [1.29, 1.82) is 0 Å². The molecule has 0 unspecified atom stereocenters. The van der Waals surface area contributed by atoms with Gasteiger partial charge < -0.3 is 14.5 Å². The van der Waals surface area contributed by atoms with E-state index in [1.807, 2.05) is 36.4 Å². The number of aromatic nitrogens is 1. The first-order valence-electron chi connectivity index (χ1n) is 6.22. The fraction of sp³-hybridized carbons (Fsp3) is 0.125. The molecule has 0 aliphatic carbocycles. The van der Waals surface area contributed by atoms with Crippen LogP contribution in [0.3, 0.4) is 0 Å². The van der Waals surface area contributed by atoms with Crippen molar-refractivity contribution in [2.45, 2.75) is 0 Å². The molecule has 4 heteroatoms. The Hall–Kier alpha value is -2.13. The SMILES string of the molecule is COc1ccc(-c2cc3cc(Cl)ccc3[nH]2)cc1OC. The van der Waals surface area contributed by atoms with Crippen LogP contribution in [0.15, 0.2) is 42.5 Å². The Kier molecular flexibility index (Phi) is 3.28. The van der Waals surface area contributed by atoms with Crippen LogP contribution in [0.2, 0.25) is 5.02 Å². The first-order valence-corrected chi connectivity index (χ1v) is 6.60. The van der Waals surface area contributed by atoms with Gasteiger partial charge in [-0.15, -0.1) is 0 Å². The maximum absolute atomic E-state index is 6.01. The number of rotatable bonds is 3. The summed E-state index contributed by atoms with van der Waals surface area (Å²) in [7, 11) is 3.26. The lowest BCUT2D eigenvalue weighted by molar-refractivity contribution is 0.355. The molecule has 3 aromatic rings. The second-order valence-corrected chi connectivity index (χ2v) is 4.92. The molecule has 0 saturated carbocycles. The number of ether oxygens (including phenoxy) is 2. The van der Waals surface area contributed by atoms with Gasteiger partial charge in [0.15, 0.2) is 11.5 Å². The highest BCUT2D eigenvalue weighted by atomic mass is 35.5. The molecule has 0 bridgehead atoms. The average molecular weight is 288 g/mol. The van der Waals surface area contributed by atoms with Gasteiger partial charge in [0.2, 0.25) is 0 Å². The Morgan fingerprint density at radius 1 is 0.900 bits per heavy atom. The number of methoxy groups -OCH3 is 2. The standard InChI is InChI=1S/C16H14ClNO2/c1-19-15-6-3-10(9-16(15)20-2)14-8-11-7-12(17)4-5-13(11)18-14/h3-9,18H,1-2H3. The zero-order chi connectivity index (χ0) is 14.1. The van der Waals surface area contributed by atoms with E-state index in [1.165, 1.54) is 0 Å². The van der Waals surface area contributed by atoms with Crippen molar-refractivity contribution in [1.82, 2.24) is 4.98 Å². The van der Waals surface area contributed by atoms with E-state index < -0.39 is 0 Å². The van der Waals surface area contributed by atoms with Crippen LogP contribution < -0.4 is 9.47 Å². The smallest absolute Gasteiger partial charge is 0.161 e. The summed E-state index contributed by atoms with van der Waals surface area (Å²) in [5.41, 5.74) is 3.11. The number of halogens is 1. The van der Waals surface area contributed by atoms with Crippen molar-refractivity contribution in [2.24, 2.45) is 0 Å². The molecule has 0 aliphatic rings. The zero-order valence-corrected chi connectivity index (χ0v) is 12.0. The fourth-order valence-electron chi connectivity index (χ4n) is 2.26. The number of H-pyrrole nitrogens is 1. The number of hydrogen-bond donors (Lipinski definition) is 1. The van der Waals surface area contributed by atoms with E-state index in [-0.39, 0.29) is 0 Å². The van der Waals surface area contributed by atoms with Crippen LogP contribution in [0.25, 0.3) is 22.2 Å². The molecule has 0 fully saturated rings. The molecule has 0 saturated heterocycles. The molecule has 2 aromatic carbocycles. The van der Waals surface area contributed by atoms with Gasteiger partial charge in [-0.1, -0.05) is 11.6 Å². The highest BCUT2D eigenvalue weighted by molar-refractivity contribution is 6.31. The van der Waals surface area contributed by atoms with E-state index in [0.29, 0.717) is 5.75 Å². The minimum Gasteiger partial charge on any atom is -0.493 e. The average Bonchev–Trinajstić information content (AvgIpc) is 2.89. The molecule has 3 rings (SSSR count). The molecular weight excluding hydrogens is 274 g/mol. The van der Waals surface area contributed by atoms with E-state index in [0.717, 1.165) is 32.9 Å². The van der Waals surface area contributed by atoms with Crippen LogP contribution >= 0.6 is 11.6 Å². The summed E-state index contributed by atoms with van der Waals surface area (Å²) in [6.45, 7) is 0. The molecule has 1 aromatic heterocycles. The molecule has 0 spiro atoms. The van der Waals surface area contributed by atoms with E-state index in [4.69, 9.17) is 21.1 Å². The molecule has 1 heterocycles. The lowest BCUT2D eigenvalue weighted by Gasteiger charge is -2.08. The predicted octanol–water partition coefficient (Wildman–Crippen LogP) is 4.51. The van der Waals surface area contributed by atoms with E-state index in [1.54, 1.807) is 14.2 Å². The maximum Gasteiger partial charge on any atom is 0.161 e. The van der Waals surface area contributed by atoms with Gasteiger partial charge >= 0.3 is 0 Å². The van der Waals surface area contributed by atoms with Crippen molar-refractivity contribution in [3.8, 4) is 22.8 Å². The summed E-state index contributed by atoms with van der Waals surface area (Å²) >= 11 is 6.01. The monoisotopic (exact) mass is 287 g/mol. The Morgan fingerprint density at radius 3 is 2.45 bits per heavy atom. The zero-order valence-electron chi connectivity index (χ0n) is 11.2. The topological polar surface area (TPSA) is 34.2 Å². The molecule has 3 nitrogen and oxygen atoms in total. The van der Waals surface area contributed by atoms with Crippen LogP contribution in [0, 0.1) is 0 Å². The summed E-state index contributed by atoms with van der Waals surface area (Å²) in [5, 5.41) is 1.82. The van der Waals surface area contributed by atoms with E-state index >= 15 is 0 Å². The Labute approximate surface area is 122 Å². The van der Waals surface area contributed by atoms with Crippen LogP contribution in [0.4, 0.5) is 0 Å². The summed E-state index contributed by atoms with van der Waals surface area (Å²) in [6.07, 6.45) is 0. The molecular formula is C16H14ClNO2. The van der Waals surface area contributed by atoms with Crippen molar-refractivity contribution < 1.29 is 9.47 Å². The second kappa shape index (κ2) is 5.10. The molecule has 20 heavy (non-hydrogen) atoms. The quantitative estimate of drug-likeness (QED) is 0.769. The van der Waals surface area contributed by atoms with Gasteiger partial charge in [-0.2, -0.15) is 0 Å². The van der Waals surface area contributed by atoms with Gasteiger partial charge in [0.05, 0.1) is 14.2 Å². The molecule has 0 atom stereocenters. The fourth-order valence-corrected chi connectivity index (χ4v) is 2.44. The predicted molar refractivity (Wildman–Crippen MR) is 81.8 cm³/mol.